The molecule has 3 nitrogen and oxygen atoms in total. The Balaban J connectivity index is 2.33. The molecule has 0 N–H and O–H groups in total. The third-order valence-electron chi connectivity index (χ3n) is 2.12. The fourth-order valence-corrected chi connectivity index (χ4v) is 4.30. The van der Waals surface area contributed by atoms with Crippen molar-refractivity contribution in [3.8, 4) is 5.75 Å². The molecule has 0 aliphatic carbocycles. The minimum Gasteiger partial charge on any atom is -0.379 e. The second-order valence-corrected chi connectivity index (χ2v) is 7.34. The standard InChI is InChI=1S/C11H8Cl2O3S2/c1-7-2-4-8(5-3-7)16-18(14,15)9-6-10(12)17-11(9)13/h2-6H,1H3. The van der Waals surface area contributed by atoms with Gasteiger partial charge in [-0.25, -0.2) is 0 Å². The van der Waals surface area contributed by atoms with Crippen molar-refractivity contribution in [3.63, 3.8) is 0 Å². The van der Waals surface area contributed by atoms with Gasteiger partial charge in [0.2, 0.25) is 0 Å². The van der Waals surface area contributed by atoms with Gasteiger partial charge in [0.05, 0.1) is 4.34 Å². The van der Waals surface area contributed by atoms with E-state index in [-0.39, 0.29) is 15.0 Å². The van der Waals surface area contributed by atoms with Crippen LogP contribution >= 0.6 is 34.5 Å². The molecule has 1 heterocycles. The molecule has 96 valence electrons. The molecule has 1 aromatic heterocycles. The topological polar surface area (TPSA) is 43.4 Å². The summed E-state index contributed by atoms with van der Waals surface area (Å²) < 4.78 is 29.3. The van der Waals surface area contributed by atoms with Gasteiger partial charge < -0.3 is 4.18 Å². The molecule has 0 saturated carbocycles. The van der Waals surface area contributed by atoms with E-state index >= 15 is 0 Å². The summed E-state index contributed by atoms with van der Waals surface area (Å²) in [6.45, 7) is 1.90. The van der Waals surface area contributed by atoms with Crippen LogP contribution in [0.2, 0.25) is 8.67 Å². The van der Waals surface area contributed by atoms with E-state index in [1.165, 1.54) is 6.07 Å². The SMILES string of the molecule is Cc1ccc(OS(=O)(=O)c2cc(Cl)sc2Cl)cc1. The Morgan fingerprint density at radius 2 is 1.78 bits per heavy atom. The quantitative estimate of drug-likeness (QED) is 0.798. The van der Waals surface area contributed by atoms with Crippen molar-refractivity contribution in [1.29, 1.82) is 0 Å². The van der Waals surface area contributed by atoms with Crippen molar-refractivity contribution in [2.45, 2.75) is 11.8 Å². The highest BCUT2D eigenvalue weighted by Crippen LogP contribution is 2.35. The maximum Gasteiger partial charge on any atom is 0.341 e. The lowest BCUT2D eigenvalue weighted by molar-refractivity contribution is 0.486. The summed E-state index contributed by atoms with van der Waals surface area (Å²) in [7, 11) is -3.94. The Morgan fingerprint density at radius 1 is 1.17 bits per heavy atom. The second-order valence-electron chi connectivity index (χ2n) is 3.54. The van der Waals surface area contributed by atoms with Gasteiger partial charge in [-0.15, -0.1) is 11.3 Å². The summed E-state index contributed by atoms with van der Waals surface area (Å²) in [4.78, 5) is -0.111. The van der Waals surface area contributed by atoms with Gasteiger partial charge in [-0.05, 0) is 25.1 Å². The molecule has 18 heavy (non-hydrogen) atoms. The molecule has 0 bridgehead atoms. The maximum atomic E-state index is 12.0. The first-order valence-corrected chi connectivity index (χ1v) is 7.82. The highest BCUT2D eigenvalue weighted by atomic mass is 35.5. The van der Waals surface area contributed by atoms with Crippen LogP contribution in [-0.4, -0.2) is 8.42 Å². The van der Waals surface area contributed by atoms with Gasteiger partial charge in [-0.3, -0.25) is 0 Å². The van der Waals surface area contributed by atoms with Crippen molar-refractivity contribution >= 4 is 44.7 Å². The molecule has 0 radical (unpaired) electrons. The van der Waals surface area contributed by atoms with Crippen molar-refractivity contribution in [2.75, 3.05) is 0 Å². The molecule has 1 aromatic carbocycles. The van der Waals surface area contributed by atoms with Crippen molar-refractivity contribution in [2.24, 2.45) is 0 Å². The largest absolute Gasteiger partial charge is 0.379 e. The lowest BCUT2D eigenvalue weighted by atomic mass is 10.2. The Kier molecular flexibility index (Phi) is 3.87. The van der Waals surface area contributed by atoms with Crippen LogP contribution < -0.4 is 4.18 Å². The molecule has 0 unspecified atom stereocenters. The van der Waals surface area contributed by atoms with Crippen LogP contribution in [0.4, 0.5) is 0 Å². The number of halogens is 2. The van der Waals surface area contributed by atoms with Crippen LogP contribution in [0.25, 0.3) is 0 Å². The Hall–Kier alpha value is -0.750. The molecule has 0 atom stereocenters. The molecular weight excluding hydrogens is 315 g/mol. The summed E-state index contributed by atoms with van der Waals surface area (Å²) in [6.07, 6.45) is 0. The molecule has 0 saturated heterocycles. The van der Waals surface area contributed by atoms with Crippen LogP contribution in [-0.2, 0) is 10.1 Å². The molecule has 2 aromatic rings. The van der Waals surface area contributed by atoms with Gasteiger partial charge in [-0.2, -0.15) is 8.42 Å². The van der Waals surface area contributed by atoms with E-state index in [1.807, 2.05) is 6.92 Å². The zero-order valence-electron chi connectivity index (χ0n) is 9.18. The van der Waals surface area contributed by atoms with Gasteiger partial charge in [-0.1, -0.05) is 40.9 Å². The smallest absolute Gasteiger partial charge is 0.341 e. The number of hydrogen-bond acceptors (Lipinski definition) is 4. The van der Waals surface area contributed by atoms with Gasteiger partial charge in [0.25, 0.3) is 0 Å². The van der Waals surface area contributed by atoms with Crippen LogP contribution in [0.1, 0.15) is 5.56 Å². The van der Waals surface area contributed by atoms with Crippen molar-refractivity contribution in [3.05, 3.63) is 44.6 Å². The average molecular weight is 323 g/mol. The first-order chi connectivity index (χ1) is 8.38. The summed E-state index contributed by atoms with van der Waals surface area (Å²) in [5, 5.41) is 0. The van der Waals surface area contributed by atoms with Crippen molar-refractivity contribution < 1.29 is 12.6 Å². The Bertz CT molecular complexity index is 660. The normalized spacial score (nSPS) is 11.5. The lowest BCUT2D eigenvalue weighted by Crippen LogP contribution is -2.09. The molecule has 0 aliphatic rings. The summed E-state index contributed by atoms with van der Waals surface area (Å²) in [5.74, 6) is 0.235. The van der Waals surface area contributed by atoms with E-state index in [0.29, 0.717) is 4.34 Å². The monoisotopic (exact) mass is 322 g/mol. The van der Waals surface area contributed by atoms with Crippen LogP contribution in [0.5, 0.6) is 5.75 Å². The number of hydrogen-bond donors (Lipinski definition) is 0. The lowest BCUT2D eigenvalue weighted by Gasteiger charge is -2.05. The third-order valence-corrected chi connectivity index (χ3v) is 5.12. The van der Waals surface area contributed by atoms with E-state index in [1.54, 1.807) is 24.3 Å². The van der Waals surface area contributed by atoms with Crippen molar-refractivity contribution in [1.82, 2.24) is 0 Å². The molecular formula is C11H8Cl2O3S2. The number of benzene rings is 1. The second kappa shape index (κ2) is 5.09. The Labute approximate surface area is 119 Å². The molecule has 2 rings (SSSR count). The van der Waals surface area contributed by atoms with E-state index in [9.17, 15) is 8.42 Å². The summed E-state index contributed by atoms with van der Waals surface area (Å²) in [6, 6.07) is 7.95. The third kappa shape index (κ3) is 2.98. The summed E-state index contributed by atoms with van der Waals surface area (Å²) in [5.41, 5.74) is 1.01. The van der Waals surface area contributed by atoms with Gasteiger partial charge in [0.15, 0.2) is 0 Å². The molecule has 0 spiro atoms. The van der Waals surface area contributed by atoms with Gasteiger partial charge in [0, 0.05) is 0 Å². The summed E-state index contributed by atoms with van der Waals surface area (Å²) >= 11 is 12.5. The first-order valence-electron chi connectivity index (χ1n) is 4.84. The fourth-order valence-electron chi connectivity index (χ4n) is 1.26. The average Bonchev–Trinajstić information content (AvgIpc) is 2.62. The predicted molar refractivity (Wildman–Crippen MR) is 73.3 cm³/mol. The zero-order chi connectivity index (χ0) is 13.3. The van der Waals surface area contributed by atoms with E-state index < -0.39 is 10.1 Å². The van der Waals surface area contributed by atoms with Gasteiger partial charge in [0.1, 0.15) is 15.0 Å². The number of thiophene rings is 1. The van der Waals surface area contributed by atoms with Crippen LogP contribution in [0.3, 0.4) is 0 Å². The maximum absolute atomic E-state index is 12.0. The highest BCUT2D eigenvalue weighted by molar-refractivity contribution is 7.87. The zero-order valence-corrected chi connectivity index (χ0v) is 12.3. The molecule has 0 aliphatic heterocycles. The fraction of sp³-hybridized carbons (Fsp3) is 0.0909. The molecule has 0 amide bonds. The minimum absolute atomic E-state index is 0.0899. The highest BCUT2D eigenvalue weighted by Gasteiger charge is 2.23. The number of aryl methyl sites for hydroxylation is 1. The van der Waals surface area contributed by atoms with E-state index in [4.69, 9.17) is 27.4 Å². The predicted octanol–water partition coefficient (Wildman–Crippen LogP) is 4.13. The first kappa shape index (κ1) is 13.7. The molecule has 7 heteroatoms. The van der Waals surface area contributed by atoms with E-state index in [0.717, 1.165) is 16.9 Å². The van der Waals surface area contributed by atoms with Crippen LogP contribution in [0, 0.1) is 6.92 Å². The van der Waals surface area contributed by atoms with Crippen LogP contribution in [0.15, 0.2) is 35.2 Å². The molecule has 0 fully saturated rings. The number of rotatable bonds is 3. The minimum atomic E-state index is -3.94. The Morgan fingerprint density at radius 3 is 2.28 bits per heavy atom. The van der Waals surface area contributed by atoms with E-state index in [2.05, 4.69) is 0 Å². The van der Waals surface area contributed by atoms with Gasteiger partial charge >= 0.3 is 10.1 Å².